The highest BCUT2D eigenvalue weighted by molar-refractivity contribution is 6.30. The fourth-order valence-electron chi connectivity index (χ4n) is 6.66. The molecular formula is C35H42ClN5O3. The number of halogens is 1. The van der Waals surface area contributed by atoms with Gasteiger partial charge in [-0.25, -0.2) is 0 Å². The number of anilines is 1. The molecular weight excluding hydrogens is 574 g/mol. The van der Waals surface area contributed by atoms with Crippen LogP contribution in [0.3, 0.4) is 0 Å². The second kappa shape index (κ2) is 14.0. The van der Waals surface area contributed by atoms with Gasteiger partial charge in [-0.3, -0.25) is 9.59 Å². The number of fused-ring (bicyclic) bond motifs is 1. The smallest absolute Gasteiger partial charge is 0.245 e. The van der Waals surface area contributed by atoms with Gasteiger partial charge in [-0.05, 0) is 67.4 Å². The molecule has 3 atom stereocenters. The number of piperazine rings is 1. The lowest BCUT2D eigenvalue weighted by Crippen LogP contribution is -2.55. The van der Waals surface area contributed by atoms with Crippen LogP contribution in [0.25, 0.3) is 0 Å². The molecule has 2 fully saturated rings. The van der Waals surface area contributed by atoms with Gasteiger partial charge in [0, 0.05) is 63.2 Å². The van der Waals surface area contributed by atoms with Crippen molar-refractivity contribution in [2.45, 2.75) is 50.4 Å². The molecule has 3 aliphatic rings. The third-order valence-electron chi connectivity index (χ3n) is 9.02. The number of likely N-dealkylation sites (tertiary alicyclic amines) is 1. The molecule has 8 nitrogen and oxygen atoms in total. The van der Waals surface area contributed by atoms with Crippen LogP contribution in [0.4, 0.5) is 5.69 Å². The van der Waals surface area contributed by atoms with Crippen molar-refractivity contribution in [1.29, 1.82) is 0 Å². The molecule has 6 rings (SSSR count). The quantitative estimate of drug-likeness (QED) is 0.371. The molecule has 2 N–H and O–H groups in total. The van der Waals surface area contributed by atoms with Gasteiger partial charge in [-0.1, -0.05) is 60.1 Å². The molecule has 3 aromatic rings. The molecule has 0 aliphatic carbocycles. The van der Waals surface area contributed by atoms with E-state index in [0.717, 1.165) is 55.0 Å². The van der Waals surface area contributed by atoms with E-state index in [4.69, 9.17) is 16.3 Å². The Balaban J connectivity index is 1.11. The highest BCUT2D eigenvalue weighted by Crippen LogP contribution is 2.31. The average molecular weight is 616 g/mol. The zero-order valence-corrected chi connectivity index (χ0v) is 26.1. The first-order valence-electron chi connectivity index (χ1n) is 15.8. The number of hydrogen-bond acceptors (Lipinski definition) is 6. The Kier molecular flexibility index (Phi) is 9.69. The Morgan fingerprint density at radius 1 is 0.977 bits per heavy atom. The van der Waals surface area contributed by atoms with Crippen LogP contribution in [0, 0.1) is 0 Å². The third kappa shape index (κ3) is 7.37. The van der Waals surface area contributed by atoms with Crippen molar-refractivity contribution in [1.82, 2.24) is 20.4 Å². The Morgan fingerprint density at radius 2 is 1.73 bits per heavy atom. The molecule has 0 radical (unpaired) electrons. The third-order valence-corrected chi connectivity index (χ3v) is 9.27. The number of ether oxygens (including phenoxy) is 1. The fourth-order valence-corrected chi connectivity index (χ4v) is 6.78. The fraction of sp³-hybridized carbons (Fsp3) is 0.429. The lowest BCUT2D eigenvalue weighted by atomic mass is 10.0. The standard InChI is InChI=1S/C35H42ClN5O3/c1-39-16-6-8-28(24-39)44-33-11-5-4-10-32(33)40-17-19-41(20-18-40)35(43)31(21-25-12-14-27(36)15-13-25)38-34(42)22-30-29-9-3-2-7-26(29)23-37-30/h2-5,7,9-15,28,30-31,37H,6,8,16-24H2,1H3,(H,38,42). The van der Waals surface area contributed by atoms with Crippen molar-refractivity contribution in [3.05, 3.63) is 94.5 Å². The largest absolute Gasteiger partial charge is 0.487 e. The minimum absolute atomic E-state index is 0.0532. The van der Waals surface area contributed by atoms with Crippen LogP contribution in [-0.4, -0.2) is 80.1 Å². The Morgan fingerprint density at radius 3 is 2.52 bits per heavy atom. The van der Waals surface area contributed by atoms with E-state index in [2.05, 4.69) is 51.7 Å². The molecule has 3 aromatic carbocycles. The van der Waals surface area contributed by atoms with Crippen molar-refractivity contribution < 1.29 is 14.3 Å². The molecule has 2 amide bonds. The van der Waals surface area contributed by atoms with Crippen molar-refractivity contribution in [3.63, 3.8) is 0 Å². The first-order valence-corrected chi connectivity index (χ1v) is 16.1. The lowest BCUT2D eigenvalue weighted by molar-refractivity contribution is -0.136. The SMILES string of the molecule is CN1CCCC(Oc2ccccc2N2CCN(C(=O)C(Cc3ccc(Cl)cc3)NC(=O)CC3NCc4ccccc43)CC2)C1. The molecule has 3 aliphatic heterocycles. The van der Waals surface area contributed by atoms with Gasteiger partial charge >= 0.3 is 0 Å². The van der Waals surface area contributed by atoms with E-state index in [0.29, 0.717) is 37.6 Å². The zero-order valence-electron chi connectivity index (χ0n) is 25.4. The molecule has 3 unspecified atom stereocenters. The summed E-state index contributed by atoms with van der Waals surface area (Å²) >= 11 is 6.12. The Labute approximate surface area is 265 Å². The first kappa shape index (κ1) is 30.4. The molecule has 44 heavy (non-hydrogen) atoms. The zero-order chi connectivity index (χ0) is 30.5. The number of carbonyl (C=O) groups excluding carboxylic acids is 2. The van der Waals surface area contributed by atoms with E-state index in [1.54, 1.807) is 0 Å². The normalized spacial score (nSPS) is 21.0. The van der Waals surface area contributed by atoms with Crippen molar-refractivity contribution in [2.75, 3.05) is 51.2 Å². The number of para-hydroxylation sites is 2. The number of nitrogens with zero attached hydrogens (tertiary/aromatic N) is 3. The number of nitrogens with one attached hydrogen (secondary N) is 2. The number of likely N-dealkylation sites (N-methyl/N-ethyl adjacent to an activating group) is 1. The molecule has 2 saturated heterocycles. The van der Waals surface area contributed by atoms with Crippen LogP contribution in [0.15, 0.2) is 72.8 Å². The van der Waals surface area contributed by atoms with E-state index in [1.807, 2.05) is 53.4 Å². The summed E-state index contributed by atoms with van der Waals surface area (Å²) in [5.74, 6) is 0.717. The van der Waals surface area contributed by atoms with Crippen molar-refractivity contribution in [3.8, 4) is 5.75 Å². The predicted octanol–water partition coefficient (Wildman–Crippen LogP) is 4.42. The lowest BCUT2D eigenvalue weighted by Gasteiger charge is -2.39. The summed E-state index contributed by atoms with van der Waals surface area (Å²) < 4.78 is 6.49. The molecule has 0 spiro atoms. The van der Waals surface area contributed by atoms with Crippen LogP contribution >= 0.6 is 11.6 Å². The first-order chi connectivity index (χ1) is 21.4. The number of hydrogen-bond donors (Lipinski definition) is 2. The van der Waals surface area contributed by atoms with Crippen LogP contribution in [0.2, 0.25) is 5.02 Å². The summed E-state index contributed by atoms with van der Waals surface area (Å²) in [4.78, 5) is 33.8. The Hall–Kier alpha value is -3.59. The summed E-state index contributed by atoms with van der Waals surface area (Å²) in [6.45, 7) is 5.33. The van der Waals surface area contributed by atoms with E-state index in [1.165, 1.54) is 5.56 Å². The van der Waals surface area contributed by atoms with Crippen LogP contribution < -0.4 is 20.3 Å². The molecule has 9 heteroatoms. The highest BCUT2D eigenvalue weighted by Gasteiger charge is 2.31. The van der Waals surface area contributed by atoms with Crippen molar-refractivity contribution >= 4 is 29.1 Å². The van der Waals surface area contributed by atoms with E-state index in [9.17, 15) is 9.59 Å². The number of benzene rings is 3. The summed E-state index contributed by atoms with van der Waals surface area (Å²) in [6, 6.07) is 23.2. The molecule has 0 aromatic heterocycles. The van der Waals surface area contributed by atoms with Gasteiger partial charge in [0.2, 0.25) is 11.8 Å². The van der Waals surface area contributed by atoms with E-state index >= 15 is 0 Å². The van der Waals surface area contributed by atoms with Crippen LogP contribution in [0.5, 0.6) is 5.75 Å². The number of rotatable bonds is 9. The molecule has 0 saturated carbocycles. The number of piperidine rings is 1. The van der Waals surface area contributed by atoms with Gasteiger partial charge < -0.3 is 30.1 Å². The average Bonchev–Trinajstić information content (AvgIpc) is 3.44. The maximum absolute atomic E-state index is 14.0. The van der Waals surface area contributed by atoms with Gasteiger partial charge in [0.15, 0.2) is 0 Å². The van der Waals surface area contributed by atoms with Gasteiger partial charge in [-0.2, -0.15) is 0 Å². The summed E-state index contributed by atoms with van der Waals surface area (Å²) in [7, 11) is 2.14. The maximum atomic E-state index is 14.0. The van der Waals surface area contributed by atoms with Gasteiger partial charge in [0.05, 0.1) is 5.69 Å². The second-order valence-corrected chi connectivity index (χ2v) is 12.6. The molecule has 3 heterocycles. The van der Waals surface area contributed by atoms with Gasteiger partial charge in [0.25, 0.3) is 0 Å². The summed E-state index contributed by atoms with van der Waals surface area (Å²) in [5.41, 5.74) is 4.40. The van der Waals surface area contributed by atoms with Crippen molar-refractivity contribution in [2.24, 2.45) is 0 Å². The molecule has 232 valence electrons. The van der Waals surface area contributed by atoms with E-state index in [-0.39, 0.29) is 30.4 Å². The number of amides is 2. The summed E-state index contributed by atoms with van der Waals surface area (Å²) in [6.07, 6.45) is 3.07. The maximum Gasteiger partial charge on any atom is 0.245 e. The Bertz CT molecular complexity index is 1440. The van der Waals surface area contributed by atoms with Crippen LogP contribution in [0.1, 0.15) is 42.0 Å². The predicted molar refractivity (Wildman–Crippen MR) is 174 cm³/mol. The highest BCUT2D eigenvalue weighted by atomic mass is 35.5. The topological polar surface area (TPSA) is 77.2 Å². The number of carbonyl (C=O) groups is 2. The minimum atomic E-state index is -0.661. The summed E-state index contributed by atoms with van der Waals surface area (Å²) in [5, 5.41) is 7.17. The van der Waals surface area contributed by atoms with Gasteiger partial charge in [-0.15, -0.1) is 0 Å². The monoisotopic (exact) mass is 615 g/mol. The minimum Gasteiger partial charge on any atom is -0.487 e. The van der Waals surface area contributed by atoms with Crippen LogP contribution in [-0.2, 0) is 22.6 Å². The molecule has 0 bridgehead atoms. The second-order valence-electron chi connectivity index (χ2n) is 12.2. The van der Waals surface area contributed by atoms with E-state index < -0.39 is 6.04 Å². The van der Waals surface area contributed by atoms with Gasteiger partial charge in [0.1, 0.15) is 17.9 Å².